The highest BCUT2D eigenvalue weighted by Crippen LogP contribution is 2.28. The number of halogens is 2. The van der Waals surface area contributed by atoms with E-state index in [-0.39, 0.29) is 0 Å². The molecule has 1 aromatic heterocycles. The Bertz CT molecular complexity index is 763. The average Bonchev–Trinajstić information content (AvgIpc) is 2.92. The first-order valence-corrected chi connectivity index (χ1v) is 6.97. The van der Waals surface area contributed by atoms with E-state index in [0.29, 0.717) is 5.02 Å². The first-order chi connectivity index (χ1) is 9.65. The molecule has 0 atom stereocenters. The molecule has 0 saturated carbocycles. The summed E-state index contributed by atoms with van der Waals surface area (Å²) in [5, 5.41) is 5.82. The molecular weight excluding hydrogens is 291 g/mol. The van der Waals surface area contributed by atoms with E-state index in [1.807, 2.05) is 55.6 Å². The van der Waals surface area contributed by atoms with Crippen molar-refractivity contribution in [3.63, 3.8) is 0 Å². The number of hydrogen-bond donors (Lipinski definition) is 0. The molecule has 20 heavy (non-hydrogen) atoms. The van der Waals surface area contributed by atoms with Crippen LogP contribution in [0, 0.1) is 6.92 Å². The Labute approximate surface area is 127 Å². The molecule has 0 amide bonds. The van der Waals surface area contributed by atoms with Crippen LogP contribution >= 0.6 is 23.2 Å². The Balaban J connectivity index is 2.02. The minimum atomic E-state index is 0.717. The van der Waals surface area contributed by atoms with Crippen LogP contribution in [0.5, 0.6) is 0 Å². The molecule has 0 N–H and O–H groups in total. The van der Waals surface area contributed by atoms with Gasteiger partial charge in [0.2, 0.25) is 0 Å². The van der Waals surface area contributed by atoms with Crippen molar-refractivity contribution in [1.29, 1.82) is 0 Å². The number of aromatic nitrogens is 2. The van der Waals surface area contributed by atoms with Crippen LogP contribution < -0.4 is 0 Å². The molecule has 2 nitrogen and oxygen atoms in total. The SMILES string of the molecule is Cc1ccc(-n2cc(-c3ccccc3Cl)cn2)cc1Cl. The van der Waals surface area contributed by atoms with Crippen LogP contribution in [0.4, 0.5) is 0 Å². The minimum Gasteiger partial charge on any atom is -0.240 e. The molecule has 3 rings (SSSR count). The summed E-state index contributed by atoms with van der Waals surface area (Å²) in [6, 6.07) is 13.6. The quantitative estimate of drug-likeness (QED) is 0.640. The average molecular weight is 303 g/mol. The van der Waals surface area contributed by atoms with E-state index < -0.39 is 0 Å². The van der Waals surface area contributed by atoms with E-state index in [4.69, 9.17) is 23.2 Å². The number of nitrogens with zero attached hydrogens (tertiary/aromatic N) is 2. The Hall–Kier alpha value is -1.77. The molecule has 4 heteroatoms. The summed E-state index contributed by atoms with van der Waals surface area (Å²) in [6.45, 7) is 1.98. The molecule has 0 spiro atoms. The maximum absolute atomic E-state index is 6.20. The van der Waals surface area contributed by atoms with Gasteiger partial charge in [-0.05, 0) is 30.7 Å². The molecular formula is C16H12Cl2N2. The van der Waals surface area contributed by atoms with Gasteiger partial charge in [-0.15, -0.1) is 0 Å². The Kier molecular flexibility index (Phi) is 3.51. The highest BCUT2D eigenvalue weighted by molar-refractivity contribution is 6.33. The highest BCUT2D eigenvalue weighted by Gasteiger charge is 2.07. The third kappa shape index (κ3) is 2.45. The number of aryl methyl sites for hydroxylation is 1. The molecule has 0 radical (unpaired) electrons. The molecule has 1 heterocycles. The zero-order chi connectivity index (χ0) is 14.1. The first-order valence-electron chi connectivity index (χ1n) is 6.21. The van der Waals surface area contributed by atoms with Gasteiger partial charge in [-0.3, -0.25) is 0 Å². The lowest BCUT2D eigenvalue weighted by atomic mass is 10.1. The second-order valence-electron chi connectivity index (χ2n) is 4.59. The van der Waals surface area contributed by atoms with E-state index in [1.54, 1.807) is 10.9 Å². The summed E-state index contributed by atoms with van der Waals surface area (Å²) in [6.07, 6.45) is 3.75. The van der Waals surface area contributed by atoms with E-state index >= 15 is 0 Å². The molecule has 2 aromatic carbocycles. The highest BCUT2D eigenvalue weighted by atomic mass is 35.5. The van der Waals surface area contributed by atoms with Crippen molar-refractivity contribution in [1.82, 2.24) is 9.78 Å². The van der Waals surface area contributed by atoms with Gasteiger partial charge in [0.25, 0.3) is 0 Å². The van der Waals surface area contributed by atoms with Gasteiger partial charge in [0.15, 0.2) is 0 Å². The predicted molar refractivity (Wildman–Crippen MR) is 83.8 cm³/mol. The van der Waals surface area contributed by atoms with Crippen molar-refractivity contribution in [2.45, 2.75) is 6.92 Å². The maximum Gasteiger partial charge on any atom is 0.0660 e. The van der Waals surface area contributed by atoms with Crippen molar-refractivity contribution in [3.8, 4) is 16.8 Å². The third-order valence-corrected chi connectivity index (χ3v) is 3.92. The summed E-state index contributed by atoms with van der Waals surface area (Å²) < 4.78 is 1.80. The molecule has 0 aliphatic rings. The van der Waals surface area contributed by atoms with Gasteiger partial charge in [0.1, 0.15) is 0 Å². The zero-order valence-electron chi connectivity index (χ0n) is 10.8. The summed E-state index contributed by atoms with van der Waals surface area (Å²) in [7, 11) is 0. The topological polar surface area (TPSA) is 17.8 Å². The van der Waals surface area contributed by atoms with Gasteiger partial charge in [-0.25, -0.2) is 4.68 Å². The lowest BCUT2D eigenvalue weighted by Crippen LogP contribution is -1.94. The van der Waals surface area contributed by atoms with E-state index in [9.17, 15) is 0 Å². The fourth-order valence-corrected chi connectivity index (χ4v) is 2.44. The van der Waals surface area contributed by atoms with Crippen molar-refractivity contribution >= 4 is 23.2 Å². The molecule has 0 unspecified atom stereocenters. The molecule has 100 valence electrons. The molecule has 0 aliphatic heterocycles. The van der Waals surface area contributed by atoms with Crippen LogP contribution in [-0.4, -0.2) is 9.78 Å². The Morgan fingerprint density at radius 1 is 1.00 bits per heavy atom. The number of hydrogen-bond acceptors (Lipinski definition) is 1. The second kappa shape index (κ2) is 5.31. The molecule has 0 aliphatic carbocycles. The van der Waals surface area contributed by atoms with Crippen molar-refractivity contribution < 1.29 is 0 Å². The van der Waals surface area contributed by atoms with E-state index in [0.717, 1.165) is 27.4 Å². The Morgan fingerprint density at radius 3 is 2.55 bits per heavy atom. The van der Waals surface area contributed by atoms with Crippen LogP contribution in [0.3, 0.4) is 0 Å². The monoisotopic (exact) mass is 302 g/mol. The zero-order valence-corrected chi connectivity index (χ0v) is 12.4. The molecule has 0 bridgehead atoms. The van der Waals surface area contributed by atoms with Gasteiger partial charge < -0.3 is 0 Å². The van der Waals surface area contributed by atoms with Crippen LogP contribution in [0.1, 0.15) is 5.56 Å². The van der Waals surface area contributed by atoms with Crippen LogP contribution in [0.15, 0.2) is 54.9 Å². The van der Waals surface area contributed by atoms with E-state index in [2.05, 4.69) is 5.10 Å². The van der Waals surface area contributed by atoms with Crippen LogP contribution in [-0.2, 0) is 0 Å². The van der Waals surface area contributed by atoms with Gasteiger partial charge in [-0.2, -0.15) is 5.10 Å². The standard InChI is InChI=1S/C16H12Cl2N2/c1-11-6-7-13(8-16(11)18)20-10-12(9-19-20)14-4-2-3-5-15(14)17/h2-10H,1H3. The summed E-state index contributed by atoms with van der Waals surface area (Å²) in [4.78, 5) is 0. The largest absolute Gasteiger partial charge is 0.240 e. The minimum absolute atomic E-state index is 0.717. The fourth-order valence-electron chi connectivity index (χ4n) is 2.02. The third-order valence-electron chi connectivity index (χ3n) is 3.19. The maximum atomic E-state index is 6.20. The number of rotatable bonds is 2. The van der Waals surface area contributed by atoms with Crippen molar-refractivity contribution in [2.24, 2.45) is 0 Å². The normalized spacial score (nSPS) is 10.8. The van der Waals surface area contributed by atoms with Gasteiger partial charge in [0, 0.05) is 27.4 Å². The van der Waals surface area contributed by atoms with E-state index in [1.165, 1.54) is 0 Å². The lowest BCUT2D eigenvalue weighted by molar-refractivity contribution is 0.880. The summed E-state index contributed by atoms with van der Waals surface area (Å²) in [5.41, 5.74) is 3.93. The lowest BCUT2D eigenvalue weighted by Gasteiger charge is -2.04. The smallest absolute Gasteiger partial charge is 0.0660 e. The van der Waals surface area contributed by atoms with Crippen molar-refractivity contribution in [2.75, 3.05) is 0 Å². The summed E-state index contributed by atoms with van der Waals surface area (Å²) >= 11 is 12.4. The molecule has 3 aromatic rings. The van der Waals surface area contributed by atoms with Gasteiger partial charge in [0.05, 0.1) is 11.9 Å². The Morgan fingerprint density at radius 2 is 1.80 bits per heavy atom. The van der Waals surface area contributed by atoms with Crippen LogP contribution in [0.2, 0.25) is 10.0 Å². The van der Waals surface area contributed by atoms with Gasteiger partial charge >= 0.3 is 0 Å². The van der Waals surface area contributed by atoms with Crippen LogP contribution in [0.25, 0.3) is 16.8 Å². The summed E-state index contributed by atoms with van der Waals surface area (Å²) in [5.74, 6) is 0. The molecule has 0 fully saturated rings. The van der Waals surface area contributed by atoms with Gasteiger partial charge in [-0.1, -0.05) is 47.5 Å². The molecule has 0 saturated heterocycles. The van der Waals surface area contributed by atoms with Crippen molar-refractivity contribution in [3.05, 3.63) is 70.5 Å². The second-order valence-corrected chi connectivity index (χ2v) is 5.40. The number of benzene rings is 2. The first kappa shape index (κ1) is 13.2. The fraction of sp³-hybridized carbons (Fsp3) is 0.0625. The predicted octanol–water partition coefficient (Wildman–Crippen LogP) is 5.15.